The molecule has 6 nitrogen and oxygen atoms in total. The molecule has 30 heavy (non-hydrogen) atoms. The van der Waals surface area contributed by atoms with Crippen molar-refractivity contribution in [1.29, 1.82) is 0 Å². The van der Waals surface area contributed by atoms with Crippen molar-refractivity contribution in [2.45, 2.75) is 36.8 Å². The Morgan fingerprint density at radius 1 is 1.13 bits per heavy atom. The van der Waals surface area contributed by atoms with Gasteiger partial charge in [0.15, 0.2) is 15.0 Å². The van der Waals surface area contributed by atoms with Crippen molar-refractivity contribution < 1.29 is 8.42 Å². The number of sulfone groups is 1. The number of aryl methyl sites for hydroxylation is 2. The summed E-state index contributed by atoms with van der Waals surface area (Å²) in [6.07, 6.45) is 2.57. The summed E-state index contributed by atoms with van der Waals surface area (Å²) in [5, 5.41) is 2.51. The molecule has 0 atom stereocenters. The highest BCUT2D eigenvalue weighted by atomic mass is 32.2. The van der Waals surface area contributed by atoms with E-state index in [-0.39, 0.29) is 4.90 Å². The van der Waals surface area contributed by atoms with E-state index in [1.54, 1.807) is 25.2 Å². The summed E-state index contributed by atoms with van der Waals surface area (Å²) in [5.41, 5.74) is 3.33. The highest BCUT2D eigenvalue weighted by molar-refractivity contribution is 7.92. The predicted molar refractivity (Wildman–Crippen MR) is 121 cm³/mol. The molecule has 0 unspecified atom stereocenters. The van der Waals surface area contributed by atoms with Gasteiger partial charge in [-0.25, -0.2) is 23.4 Å². The second-order valence-electron chi connectivity index (χ2n) is 7.46. The maximum absolute atomic E-state index is 13.1. The number of anilines is 1. The number of rotatable bonds is 5. The maximum Gasteiger partial charge on any atom is 0.185 e. The lowest BCUT2D eigenvalue weighted by Crippen LogP contribution is -2.39. The second-order valence-corrected chi connectivity index (χ2v) is 10.5. The molecule has 156 valence electrons. The molecule has 3 aromatic rings. The van der Waals surface area contributed by atoms with Gasteiger partial charge in [-0.15, -0.1) is 11.3 Å². The summed E-state index contributed by atoms with van der Waals surface area (Å²) in [4.78, 5) is 15.5. The minimum atomic E-state index is -3.44. The monoisotopic (exact) mass is 440 g/mol. The summed E-state index contributed by atoms with van der Waals surface area (Å²) in [5.74, 6) is 0.581. The topological polar surface area (TPSA) is 76.1 Å². The fraction of sp³-hybridized carbons (Fsp3) is 0.318. The third kappa shape index (κ3) is 4.02. The third-order valence-corrected chi connectivity index (χ3v) is 8.70. The molecule has 1 saturated heterocycles. The van der Waals surface area contributed by atoms with Crippen LogP contribution in [-0.4, -0.2) is 41.7 Å². The van der Waals surface area contributed by atoms with Gasteiger partial charge < -0.3 is 4.90 Å². The van der Waals surface area contributed by atoms with Crippen LogP contribution in [0.2, 0.25) is 0 Å². The van der Waals surface area contributed by atoms with Crippen LogP contribution >= 0.6 is 11.3 Å². The summed E-state index contributed by atoms with van der Waals surface area (Å²) in [6.45, 7) is 8.98. The Bertz CT molecular complexity index is 1160. The largest absolute Gasteiger partial charge is 0.348 e. The van der Waals surface area contributed by atoms with Crippen molar-refractivity contribution in [3.05, 3.63) is 71.3 Å². The van der Waals surface area contributed by atoms with Crippen molar-refractivity contribution in [3.63, 3.8) is 0 Å². The molecule has 3 heterocycles. The molecule has 8 heteroatoms. The molecule has 1 aromatic carbocycles. The van der Waals surface area contributed by atoms with Crippen LogP contribution in [0.15, 0.2) is 53.4 Å². The van der Waals surface area contributed by atoms with E-state index in [9.17, 15) is 8.42 Å². The highest BCUT2D eigenvalue weighted by Gasteiger charge is 2.33. The number of hydrogen-bond donors (Lipinski definition) is 0. The molecule has 1 aliphatic rings. The van der Waals surface area contributed by atoms with Crippen LogP contribution < -0.4 is 4.90 Å². The van der Waals surface area contributed by atoms with Gasteiger partial charge in [0.25, 0.3) is 0 Å². The first-order valence-corrected chi connectivity index (χ1v) is 12.3. The standard InChI is InChI=1S/C22H24N4O2S2/c1-15(18-7-5-4-6-8-18)20-14-29-22(25-20)26-11-9-19(10-12-26)30(27,28)21-13-23-17(3)24-16(21)2/h4-8,13-14,19H,1,9-12H2,2-3H3. The van der Waals surface area contributed by atoms with Crippen LogP contribution in [0, 0.1) is 13.8 Å². The molecule has 0 saturated carbocycles. The minimum Gasteiger partial charge on any atom is -0.348 e. The molecule has 1 fully saturated rings. The molecular weight excluding hydrogens is 416 g/mol. The van der Waals surface area contributed by atoms with Crippen molar-refractivity contribution in [1.82, 2.24) is 15.0 Å². The van der Waals surface area contributed by atoms with Gasteiger partial charge in [-0.1, -0.05) is 36.9 Å². The first kappa shape index (κ1) is 20.7. The molecular formula is C22H24N4O2S2. The van der Waals surface area contributed by atoms with E-state index in [0.717, 1.165) is 22.0 Å². The quantitative estimate of drug-likeness (QED) is 0.596. The van der Waals surface area contributed by atoms with E-state index in [1.807, 2.05) is 35.7 Å². The Kier molecular flexibility index (Phi) is 5.71. The van der Waals surface area contributed by atoms with Gasteiger partial charge in [-0.3, -0.25) is 0 Å². The van der Waals surface area contributed by atoms with E-state index in [2.05, 4.69) is 21.4 Å². The molecule has 4 rings (SSSR count). The van der Waals surface area contributed by atoms with Gasteiger partial charge in [0.2, 0.25) is 0 Å². The SMILES string of the molecule is C=C(c1ccccc1)c1csc(N2CCC(S(=O)(=O)c3cnc(C)nc3C)CC2)n1. The maximum atomic E-state index is 13.1. The fourth-order valence-corrected chi connectivity index (χ4v) is 6.47. The Balaban J connectivity index is 1.45. The number of thiazole rings is 1. The van der Waals surface area contributed by atoms with Crippen LogP contribution in [0.4, 0.5) is 5.13 Å². The van der Waals surface area contributed by atoms with E-state index < -0.39 is 15.1 Å². The lowest BCUT2D eigenvalue weighted by molar-refractivity contribution is 0.528. The lowest BCUT2D eigenvalue weighted by atomic mass is 10.1. The number of aromatic nitrogens is 3. The molecule has 1 aliphatic heterocycles. The molecule has 2 aromatic heterocycles. The summed E-state index contributed by atoms with van der Waals surface area (Å²) in [6, 6.07) is 9.99. The number of piperidine rings is 1. The number of nitrogens with zero attached hydrogens (tertiary/aromatic N) is 4. The van der Waals surface area contributed by atoms with Gasteiger partial charge in [-0.2, -0.15) is 0 Å². The van der Waals surface area contributed by atoms with Crippen molar-refractivity contribution in [2.75, 3.05) is 18.0 Å². The van der Waals surface area contributed by atoms with Gasteiger partial charge in [0.1, 0.15) is 10.7 Å². The van der Waals surface area contributed by atoms with Crippen LogP contribution in [0.5, 0.6) is 0 Å². The average molecular weight is 441 g/mol. The first-order chi connectivity index (χ1) is 14.4. The Labute approximate surface area is 181 Å². The number of hydrogen-bond acceptors (Lipinski definition) is 7. The smallest absolute Gasteiger partial charge is 0.185 e. The normalized spacial score (nSPS) is 15.3. The lowest BCUT2D eigenvalue weighted by Gasteiger charge is -2.31. The van der Waals surface area contributed by atoms with E-state index >= 15 is 0 Å². The van der Waals surface area contributed by atoms with Crippen molar-refractivity contribution in [3.8, 4) is 0 Å². The molecule has 0 spiro atoms. The van der Waals surface area contributed by atoms with E-state index in [1.165, 1.54) is 6.20 Å². The average Bonchev–Trinajstić information content (AvgIpc) is 3.24. The second kappa shape index (κ2) is 8.28. The van der Waals surface area contributed by atoms with Gasteiger partial charge >= 0.3 is 0 Å². The zero-order chi connectivity index (χ0) is 21.3. The molecule has 0 radical (unpaired) electrons. The summed E-state index contributed by atoms with van der Waals surface area (Å²) in [7, 11) is -3.44. The Morgan fingerprint density at radius 3 is 2.50 bits per heavy atom. The Hall–Kier alpha value is -2.58. The van der Waals surface area contributed by atoms with E-state index in [4.69, 9.17) is 4.98 Å². The molecule has 0 bridgehead atoms. The van der Waals surface area contributed by atoms with Crippen molar-refractivity contribution >= 4 is 31.9 Å². The van der Waals surface area contributed by atoms with Crippen LogP contribution in [0.3, 0.4) is 0 Å². The summed E-state index contributed by atoms with van der Waals surface area (Å²) < 4.78 is 26.2. The van der Waals surface area contributed by atoms with Gasteiger partial charge in [-0.05, 0) is 32.3 Å². The summed E-state index contributed by atoms with van der Waals surface area (Å²) >= 11 is 1.57. The van der Waals surface area contributed by atoms with E-state index in [0.29, 0.717) is 37.4 Å². The van der Waals surface area contributed by atoms with Crippen LogP contribution in [-0.2, 0) is 9.84 Å². The van der Waals surface area contributed by atoms with Crippen LogP contribution in [0.25, 0.3) is 5.57 Å². The third-order valence-electron chi connectivity index (χ3n) is 5.44. The van der Waals surface area contributed by atoms with Gasteiger partial charge in [0, 0.05) is 30.2 Å². The van der Waals surface area contributed by atoms with Crippen LogP contribution in [0.1, 0.15) is 35.6 Å². The molecule has 0 amide bonds. The molecule has 0 N–H and O–H groups in total. The predicted octanol–water partition coefficient (Wildman–Crippen LogP) is 4.05. The highest BCUT2D eigenvalue weighted by Crippen LogP contribution is 2.32. The number of benzene rings is 1. The fourth-order valence-electron chi connectivity index (χ4n) is 3.72. The van der Waals surface area contributed by atoms with Gasteiger partial charge in [0.05, 0.1) is 16.6 Å². The zero-order valence-corrected chi connectivity index (χ0v) is 18.7. The zero-order valence-electron chi connectivity index (χ0n) is 17.1. The molecule has 0 aliphatic carbocycles. The Morgan fingerprint density at radius 2 is 1.83 bits per heavy atom. The van der Waals surface area contributed by atoms with Crippen molar-refractivity contribution in [2.24, 2.45) is 0 Å². The minimum absolute atomic E-state index is 0.252. The first-order valence-electron chi connectivity index (χ1n) is 9.85.